The number of nitrogens with zero attached hydrogens (tertiary/aromatic N) is 3. The molecule has 1 atom stereocenters. The highest BCUT2D eigenvalue weighted by Crippen LogP contribution is 2.20. The second-order valence-electron chi connectivity index (χ2n) is 4.46. The van der Waals surface area contributed by atoms with Crippen LogP contribution in [0.15, 0.2) is 4.52 Å². The maximum atomic E-state index is 11.9. The van der Waals surface area contributed by atoms with E-state index < -0.39 is 0 Å². The predicted molar refractivity (Wildman–Crippen MR) is 63.7 cm³/mol. The van der Waals surface area contributed by atoms with Crippen LogP contribution in [0.5, 0.6) is 0 Å². The van der Waals surface area contributed by atoms with Gasteiger partial charge >= 0.3 is 5.97 Å². The molecule has 0 aromatic carbocycles. The smallest absolute Gasteiger partial charge is 0.323 e. The molecule has 1 aliphatic rings. The fourth-order valence-electron chi connectivity index (χ4n) is 2.27. The lowest BCUT2D eigenvalue weighted by Crippen LogP contribution is -2.45. The van der Waals surface area contributed by atoms with Crippen molar-refractivity contribution in [3.05, 3.63) is 11.7 Å². The minimum absolute atomic E-state index is 0.141. The van der Waals surface area contributed by atoms with Crippen molar-refractivity contribution in [2.45, 2.75) is 45.7 Å². The minimum atomic E-state index is -0.169. The fourth-order valence-corrected chi connectivity index (χ4v) is 2.27. The average Bonchev–Trinajstić information content (AvgIpc) is 2.76. The number of carbonyl (C=O) groups is 1. The maximum Gasteiger partial charge on any atom is 0.323 e. The van der Waals surface area contributed by atoms with Gasteiger partial charge in [-0.05, 0) is 26.3 Å². The molecule has 1 aliphatic heterocycles. The van der Waals surface area contributed by atoms with Gasteiger partial charge in [0, 0.05) is 6.92 Å². The first kappa shape index (κ1) is 13.0. The van der Waals surface area contributed by atoms with Gasteiger partial charge in [0.05, 0.1) is 13.2 Å². The van der Waals surface area contributed by atoms with Crippen molar-refractivity contribution in [2.75, 3.05) is 13.2 Å². The second kappa shape index (κ2) is 5.95. The largest absolute Gasteiger partial charge is 0.465 e. The minimum Gasteiger partial charge on any atom is -0.465 e. The van der Waals surface area contributed by atoms with E-state index >= 15 is 0 Å². The summed E-state index contributed by atoms with van der Waals surface area (Å²) >= 11 is 0. The van der Waals surface area contributed by atoms with Crippen molar-refractivity contribution in [3.8, 4) is 0 Å². The molecule has 0 saturated carbocycles. The lowest BCUT2D eigenvalue weighted by atomic mass is 10.0. The third kappa shape index (κ3) is 3.07. The van der Waals surface area contributed by atoms with Gasteiger partial charge < -0.3 is 9.26 Å². The zero-order valence-corrected chi connectivity index (χ0v) is 10.9. The van der Waals surface area contributed by atoms with E-state index in [1.807, 2.05) is 6.92 Å². The Morgan fingerprint density at radius 2 is 2.39 bits per heavy atom. The van der Waals surface area contributed by atoms with Crippen LogP contribution in [0.2, 0.25) is 0 Å². The van der Waals surface area contributed by atoms with Gasteiger partial charge in [0.25, 0.3) is 0 Å². The van der Waals surface area contributed by atoms with E-state index in [9.17, 15) is 4.79 Å². The number of piperidine rings is 1. The lowest BCUT2D eigenvalue weighted by molar-refractivity contribution is -0.151. The van der Waals surface area contributed by atoms with Crippen molar-refractivity contribution < 1.29 is 14.1 Å². The quantitative estimate of drug-likeness (QED) is 0.753. The Balaban J connectivity index is 2.01. The average molecular weight is 253 g/mol. The van der Waals surface area contributed by atoms with Crippen LogP contribution in [0.25, 0.3) is 0 Å². The molecule has 0 spiro atoms. The summed E-state index contributed by atoms with van der Waals surface area (Å²) in [5.74, 6) is 1.04. The number of ether oxygens (including phenoxy) is 1. The van der Waals surface area contributed by atoms with Gasteiger partial charge in [0.15, 0.2) is 5.82 Å². The molecule has 2 rings (SSSR count). The van der Waals surface area contributed by atoms with Crippen molar-refractivity contribution in [1.82, 2.24) is 15.0 Å². The molecular formula is C12H19N3O3. The molecule has 100 valence electrons. The van der Waals surface area contributed by atoms with Crippen molar-refractivity contribution in [3.63, 3.8) is 0 Å². The summed E-state index contributed by atoms with van der Waals surface area (Å²) in [7, 11) is 0. The van der Waals surface area contributed by atoms with Crippen LogP contribution in [-0.4, -0.2) is 40.2 Å². The first-order chi connectivity index (χ1) is 8.70. The standard InChI is InChI=1S/C12H19N3O3/c1-3-17-12(16)10-6-4-5-7-15(10)8-11-13-9(2)18-14-11/h10H,3-8H2,1-2H3. The van der Waals surface area contributed by atoms with Gasteiger partial charge in [0.1, 0.15) is 6.04 Å². The van der Waals surface area contributed by atoms with E-state index in [-0.39, 0.29) is 12.0 Å². The summed E-state index contributed by atoms with van der Waals surface area (Å²) in [6, 6.07) is -0.169. The number of aromatic nitrogens is 2. The summed E-state index contributed by atoms with van der Waals surface area (Å²) in [6.45, 7) is 5.42. The topological polar surface area (TPSA) is 68.5 Å². The molecule has 6 heteroatoms. The normalized spacial score (nSPS) is 20.9. The summed E-state index contributed by atoms with van der Waals surface area (Å²) in [5.41, 5.74) is 0. The van der Waals surface area contributed by atoms with Gasteiger partial charge in [-0.15, -0.1) is 0 Å². The van der Waals surface area contributed by atoms with Gasteiger partial charge in [-0.25, -0.2) is 0 Å². The van der Waals surface area contributed by atoms with Crippen molar-refractivity contribution in [2.24, 2.45) is 0 Å². The first-order valence-corrected chi connectivity index (χ1v) is 6.40. The van der Waals surface area contributed by atoms with E-state index in [2.05, 4.69) is 15.0 Å². The van der Waals surface area contributed by atoms with Crippen LogP contribution in [0.3, 0.4) is 0 Å². The Bertz CT molecular complexity index is 405. The number of aryl methyl sites for hydroxylation is 1. The Morgan fingerprint density at radius 1 is 1.56 bits per heavy atom. The SMILES string of the molecule is CCOC(=O)C1CCCCN1Cc1noc(C)n1. The van der Waals surface area contributed by atoms with Crippen LogP contribution >= 0.6 is 0 Å². The third-order valence-electron chi connectivity index (χ3n) is 3.09. The van der Waals surface area contributed by atoms with E-state index in [0.717, 1.165) is 25.8 Å². The van der Waals surface area contributed by atoms with E-state index in [1.165, 1.54) is 0 Å². The third-order valence-corrected chi connectivity index (χ3v) is 3.09. The molecule has 1 aromatic heterocycles. The Labute approximate surface area is 106 Å². The number of likely N-dealkylation sites (tertiary alicyclic amines) is 1. The van der Waals surface area contributed by atoms with E-state index in [4.69, 9.17) is 9.26 Å². The molecule has 0 radical (unpaired) electrons. The number of rotatable bonds is 4. The molecule has 0 aliphatic carbocycles. The molecule has 1 saturated heterocycles. The molecule has 0 bridgehead atoms. The summed E-state index contributed by atoms with van der Waals surface area (Å²) in [6.07, 6.45) is 2.99. The first-order valence-electron chi connectivity index (χ1n) is 6.40. The van der Waals surface area contributed by atoms with E-state index in [0.29, 0.717) is 24.9 Å². The lowest BCUT2D eigenvalue weighted by Gasteiger charge is -2.32. The van der Waals surface area contributed by atoms with Gasteiger partial charge in [-0.2, -0.15) is 4.98 Å². The number of carbonyl (C=O) groups excluding carboxylic acids is 1. The maximum absolute atomic E-state index is 11.9. The zero-order valence-electron chi connectivity index (χ0n) is 10.9. The molecular weight excluding hydrogens is 234 g/mol. The Kier molecular flexibility index (Phi) is 4.30. The number of hydrogen-bond donors (Lipinski definition) is 0. The van der Waals surface area contributed by atoms with Gasteiger partial charge in [-0.3, -0.25) is 9.69 Å². The molecule has 6 nitrogen and oxygen atoms in total. The Hall–Kier alpha value is -1.43. The molecule has 18 heavy (non-hydrogen) atoms. The van der Waals surface area contributed by atoms with Crippen molar-refractivity contribution >= 4 is 5.97 Å². The molecule has 0 amide bonds. The van der Waals surface area contributed by atoms with Crippen LogP contribution in [0.4, 0.5) is 0 Å². The van der Waals surface area contributed by atoms with Crippen LogP contribution in [0, 0.1) is 6.92 Å². The predicted octanol–water partition coefficient (Wildman–Crippen LogP) is 1.30. The van der Waals surface area contributed by atoms with Gasteiger partial charge in [-0.1, -0.05) is 11.6 Å². The molecule has 1 aromatic rings. The molecule has 0 N–H and O–H groups in total. The number of esters is 1. The highest BCUT2D eigenvalue weighted by atomic mass is 16.5. The molecule has 1 unspecified atom stereocenters. The molecule has 1 fully saturated rings. The number of hydrogen-bond acceptors (Lipinski definition) is 6. The van der Waals surface area contributed by atoms with Crippen molar-refractivity contribution in [1.29, 1.82) is 0 Å². The van der Waals surface area contributed by atoms with Gasteiger partial charge in [0.2, 0.25) is 5.89 Å². The monoisotopic (exact) mass is 253 g/mol. The van der Waals surface area contributed by atoms with E-state index in [1.54, 1.807) is 6.92 Å². The summed E-state index contributed by atoms with van der Waals surface area (Å²) in [5, 5.41) is 3.87. The van der Waals surface area contributed by atoms with Crippen LogP contribution < -0.4 is 0 Å². The van der Waals surface area contributed by atoms with Crippen LogP contribution in [-0.2, 0) is 16.1 Å². The highest BCUT2D eigenvalue weighted by Gasteiger charge is 2.30. The summed E-state index contributed by atoms with van der Waals surface area (Å²) < 4.78 is 10.1. The van der Waals surface area contributed by atoms with Crippen LogP contribution in [0.1, 0.15) is 37.9 Å². The highest BCUT2D eigenvalue weighted by molar-refractivity contribution is 5.75. The second-order valence-corrected chi connectivity index (χ2v) is 4.46. The molecule has 2 heterocycles. The Morgan fingerprint density at radius 3 is 3.06 bits per heavy atom. The fraction of sp³-hybridized carbons (Fsp3) is 0.750. The summed E-state index contributed by atoms with van der Waals surface area (Å²) in [4.78, 5) is 18.1. The zero-order chi connectivity index (χ0) is 13.0.